The molecule has 0 radical (unpaired) electrons. The van der Waals surface area contributed by atoms with Crippen molar-refractivity contribution < 1.29 is 9.13 Å². The summed E-state index contributed by atoms with van der Waals surface area (Å²) in [5.41, 5.74) is 15.2. The van der Waals surface area contributed by atoms with Gasteiger partial charge >= 0.3 is 0 Å². The molecule has 1 atom stereocenters. The molecule has 1 unspecified atom stereocenters. The Balaban J connectivity index is 1.98. The van der Waals surface area contributed by atoms with Crippen molar-refractivity contribution in [2.24, 2.45) is 5.73 Å². The highest BCUT2D eigenvalue weighted by Gasteiger charge is 2.29. The van der Waals surface area contributed by atoms with Crippen molar-refractivity contribution in [3.8, 4) is 16.9 Å². The summed E-state index contributed by atoms with van der Waals surface area (Å²) in [6.07, 6.45) is 3.21. The fourth-order valence-electron chi connectivity index (χ4n) is 4.72. The van der Waals surface area contributed by atoms with Gasteiger partial charge in [-0.1, -0.05) is 43.3 Å². The number of nitrogens with two attached hydrogens (primary N) is 1. The van der Waals surface area contributed by atoms with E-state index in [-0.39, 0.29) is 17.4 Å². The van der Waals surface area contributed by atoms with E-state index >= 15 is 0 Å². The molecule has 32 heavy (non-hydrogen) atoms. The molecule has 4 heteroatoms. The molecule has 4 rings (SSSR count). The van der Waals surface area contributed by atoms with Crippen molar-refractivity contribution in [2.45, 2.75) is 45.7 Å². The van der Waals surface area contributed by atoms with Gasteiger partial charge in [-0.2, -0.15) is 0 Å². The van der Waals surface area contributed by atoms with E-state index in [1.165, 1.54) is 23.3 Å². The van der Waals surface area contributed by atoms with Crippen LogP contribution >= 0.6 is 0 Å². The van der Waals surface area contributed by atoms with E-state index in [9.17, 15) is 4.39 Å². The topological polar surface area (TPSA) is 47.3 Å². The first kappa shape index (κ1) is 22.1. The van der Waals surface area contributed by atoms with Crippen LogP contribution in [-0.4, -0.2) is 12.6 Å². The number of hydrogen-bond donors (Lipinski definition) is 2. The lowest BCUT2D eigenvalue weighted by molar-refractivity contribution is 0.413. The normalized spacial score (nSPS) is 15.4. The quantitative estimate of drug-likeness (QED) is 0.472. The minimum atomic E-state index is -0.355. The van der Waals surface area contributed by atoms with Gasteiger partial charge in [0.2, 0.25) is 0 Å². The molecule has 166 valence electrons. The molecular formula is C28H31FN2O. The second kappa shape index (κ2) is 8.44. The van der Waals surface area contributed by atoms with E-state index in [4.69, 9.17) is 10.5 Å². The number of anilines is 1. The summed E-state index contributed by atoms with van der Waals surface area (Å²) in [7, 11) is 1.56. The van der Waals surface area contributed by atoms with E-state index in [0.717, 1.165) is 39.9 Å². The maximum Gasteiger partial charge on any atom is 0.129 e. The van der Waals surface area contributed by atoms with Crippen molar-refractivity contribution in [1.29, 1.82) is 0 Å². The minimum absolute atomic E-state index is 0.156. The maximum absolute atomic E-state index is 13.9. The van der Waals surface area contributed by atoms with E-state index < -0.39 is 0 Å². The molecule has 0 amide bonds. The van der Waals surface area contributed by atoms with Crippen LogP contribution in [0.3, 0.4) is 0 Å². The van der Waals surface area contributed by atoms with Gasteiger partial charge in [0.25, 0.3) is 0 Å². The second-order valence-electron chi connectivity index (χ2n) is 9.04. The Labute approximate surface area is 190 Å². The molecule has 3 aromatic carbocycles. The molecule has 0 aliphatic carbocycles. The van der Waals surface area contributed by atoms with Gasteiger partial charge in [-0.15, -0.1) is 0 Å². The summed E-state index contributed by atoms with van der Waals surface area (Å²) in [6.45, 7) is 8.57. The standard InChI is InChI=1S/C28H31FN2O/c1-6-18-7-9-19(10-8-18)27(30)26-22(21-12-11-20(29)15-24(21)32-5)13-14-23-25(26)17(2)16-28(3,4)31-23/h7-16,27,31H,6,30H2,1-5H3. The highest BCUT2D eigenvalue weighted by Crippen LogP contribution is 2.45. The average molecular weight is 431 g/mol. The van der Waals surface area contributed by atoms with Gasteiger partial charge in [0.05, 0.1) is 18.7 Å². The molecule has 3 nitrogen and oxygen atoms in total. The summed E-state index contributed by atoms with van der Waals surface area (Å²) in [4.78, 5) is 0. The Hall–Kier alpha value is -3.11. The lowest BCUT2D eigenvalue weighted by Gasteiger charge is -2.34. The predicted molar refractivity (Wildman–Crippen MR) is 132 cm³/mol. The third kappa shape index (κ3) is 4.03. The number of aryl methyl sites for hydroxylation is 1. The van der Waals surface area contributed by atoms with E-state index in [1.54, 1.807) is 13.2 Å². The fraction of sp³-hybridized carbons (Fsp3) is 0.286. The van der Waals surface area contributed by atoms with E-state index in [2.05, 4.69) is 75.5 Å². The Kier molecular flexibility index (Phi) is 5.83. The molecule has 3 aromatic rings. The number of allylic oxidation sites excluding steroid dienone is 1. The minimum Gasteiger partial charge on any atom is -0.496 e. The van der Waals surface area contributed by atoms with Crippen LogP contribution in [0.15, 0.2) is 60.7 Å². The van der Waals surface area contributed by atoms with Crippen molar-refractivity contribution in [1.82, 2.24) is 0 Å². The summed E-state index contributed by atoms with van der Waals surface area (Å²) >= 11 is 0. The smallest absolute Gasteiger partial charge is 0.129 e. The molecule has 3 N–H and O–H groups in total. The third-order valence-electron chi connectivity index (χ3n) is 6.19. The van der Waals surface area contributed by atoms with E-state index in [0.29, 0.717) is 5.75 Å². The van der Waals surface area contributed by atoms with Gasteiger partial charge in [0, 0.05) is 22.9 Å². The molecule has 0 fully saturated rings. The summed E-state index contributed by atoms with van der Waals surface area (Å²) in [6, 6.07) is 16.9. The van der Waals surface area contributed by atoms with Gasteiger partial charge in [0.1, 0.15) is 11.6 Å². The van der Waals surface area contributed by atoms with Crippen LogP contribution in [0.5, 0.6) is 5.75 Å². The van der Waals surface area contributed by atoms with Crippen LogP contribution in [0, 0.1) is 5.82 Å². The Morgan fingerprint density at radius 1 is 1.03 bits per heavy atom. The lowest BCUT2D eigenvalue weighted by Crippen LogP contribution is -2.32. The highest BCUT2D eigenvalue weighted by atomic mass is 19.1. The zero-order valence-electron chi connectivity index (χ0n) is 19.4. The first-order chi connectivity index (χ1) is 15.2. The average Bonchev–Trinajstić information content (AvgIpc) is 2.77. The first-order valence-electron chi connectivity index (χ1n) is 11.1. The molecule has 1 aliphatic heterocycles. The third-order valence-corrected chi connectivity index (χ3v) is 6.19. The maximum atomic E-state index is 13.9. The van der Waals surface area contributed by atoms with Crippen LogP contribution in [0.1, 0.15) is 56.0 Å². The zero-order chi connectivity index (χ0) is 23.0. The monoisotopic (exact) mass is 430 g/mol. The number of benzene rings is 3. The zero-order valence-corrected chi connectivity index (χ0v) is 19.4. The van der Waals surface area contributed by atoms with Gasteiger partial charge < -0.3 is 15.8 Å². The van der Waals surface area contributed by atoms with Crippen molar-refractivity contribution in [3.05, 3.63) is 88.7 Å². The van der Waals surface area contributed by atoms with Crippen molar-refractivity contribution in [3.63, 3.8) is 0 Å². The SMILES string of the molecule is CCc1ccc(C(N)c2c(-c3ccc(F)cc3OC)ccc3c2C(C)=CC(C)(C)N3)cc1. The Bertz CT molecular complexity index is 1180. The van der Waals surface area contributed by atoms with Crippen molar-refractivity contribution >= 4 is 11.3 Å². The summed E-state index contributed by atoms with van der Waals surface area (Å²) in [5.74, 6) is 0.162. The number of halogens is 1. The number of rotatable bonds is 5. The Morgan fingerprint density at radius 2 is 1.72 bits per heavy atom. The second-order valence-corrected chi connectivity index (χ2v) is 9.04. The highest BCUT2D eigenvalue weighted by molar-refractivity contribution is 5.89. The van der Waals surface area contributed by atoms with Crippen LogP contribution in [-0.2, 0) is 6.42 Å². The van der Waals surface area contributed by atoms with Crippen LogP contribution in [0.2, 0.25) is 0 Å². The molecule has 1 aliphatic rings. The fourth-order valence-corrected chi connectivity index (χ4v) is 4.72. The van der Waals surface area contributed by atoms with Crippen LogP contribution in [0.25, 0.3) is 16.7 Å². The van der Waals surface area contributed by atoms with Gasteiger partial charge in [-0.25, -0.2) is 4.39 Å². The molecule has 0 aromatic heterocycles. The molecule has 1 heterocycles. The summed E-state index contributed by atoms with van der Waals surface area (Å²) in [5, 5.41) is 3.62. The molecule has 0 bridgehead atoms. The molecule has 0 saturated carbocycles. The Morgan fingerprint density at radius 3 is 2.38 bits per heavy atom. The molecular weight excluding hydrogens is 399 g/mol. The van der Waals surface area contributed by atoms with Crippen LogP contribution in [0.4, 0.5) is 10.1 Å². The number of fused-ring (bicyclic) bond motifs is 1. The largest absolute Gasteiger partial charge is 0.496 e. The van der Waals surface area contributed by atoms with Crippen LogP contribution < -0.4 is 15.8 Å². The van der Waals surface area contributed by atoms with Crippen molar-refractivity contribution in [2.75, 3.05) is 12.4 Å². The molecule has 0 saturated heterocycles. The summed E-state index contributed by atoms with van der Waals surface area (Å²) < 4.78 is 19.5. The number of methoxy groups -OCH3 is 1. The lowest BCUT2D eigenvalue weighted by atomic mass is 9.81. The number of ether oxygens (including phenoxy) is 1. The number of hydrogen-bond acceptors (Lipinski definition) is 3. The van der Waals surface area contributed by atoms with Gasteiger partial charge in [0.15, 0.2) is 0 Å². The predicted octanol–water partition coefficient (Wildman–Crippen LogP) is 6.72. The van der Waals surface area contributed by atoms with Gasteiger partial charge in [-0.3, -0.25) is 0 Å². The first-order valence-corrected chi connectivity index (χ1v) is 11.1. The van der Waals surface area contributed by atoms with Gasteiger partial charge in [-0.05, 0) is 73.2 Å². The van der Waals surface area contributed by atoms with E-state index in [1.807, 2.05) is 0 Å². The molecule has 0 spiro atoms. The number of nitrogens with one attached hydrogen (secondary N) is 1.